The Hall–Kier alpha value is -2.52. The minimum atomic E-state index is -3.94. The van der Waals surface area contributed by atoms with Crippen LogP contribution < -0.4 is 23.7 Å². The molecule has 0 spiro atoms. The highest BCUT2D eigenvalue weighted by Crippen LogP contribution is 2.39. The van der Waals surface area contributed by atoms with E-state index in [1.54, 1.807) is 12.1 Å². The Labute approximate surface area is 151 Å². The van der Waals surface area contributed by atoms with Gasteiger partial charge in [-0.15, -0.1) is 0 Å². The SMILES string of the molecule is COc1ccc(S(=O)(=O)NCc2ccc(OC)c(OC)c2OC)cc1F. The Morgan fingerprint density at radius 3 is 2.04 bits per heavy atom. The summed E-state index contributed by atoms with van der Waals surface area (Å²) in [6.45, 7) is -0.0838. The van der Waals surface area contributed by atoms with Crippen LogP contribution in [-0.4, -0.2) is 36.9 Å². The molecule has 0 amide bonds. The van der Waals surface area contributed by atoms with Crippen LogP contribution in [0.3, 0.4) is 0 Å². The lowest BCUT2D eigenvalue weighted by Gasteiger charge is -2.16. The van der Waals surface area contributed by atoms with E-state index in [0.29, 0.717) is 22.8 Å². The standard InChI is InChI=1S/C17H20FNO6S/c1-22-14-8-6-12(9-13(14)18)26(20,21)19-10-11-5-7-15(23-2)17(25-4)16(11)24-3/h5-9,19H,10H2,1-4H3. The van der Waals surface area contributed by atoms with Crippen LogP contribution in [0.25, 0.3) is 0 Å². The van der Waals surface area contributed by atoms with Gasteiger partial charge in [0.1, 0.15) is 0 Å². The van der Waals surface area contributed by atoms with Crippen molar-refractivity contribution in [2.24, 2.45) is 0 Å². The number of halogens is 1. The fourth-order valence-corrected chi connectivity index (χ4v) is 3.39. The van der Waals surface area contributed by atoms with E-state index in [1.807, 2.05) is 0 Å². The number of benzene rings is 2. The lowest BCUT2D eigenvalue weighted by molar-refractivity contribution is 0.322. The van der Waals surface area contributed by atoms with Crippen molar-refractivity contribution >= 4 is 10.0 Å². The van der Waals surface area contributed by atoms with Crippen molar-refractivity contribution < 1.29 is 31.8 Å². The molecular formula is C17H20FNO6S. The van der Waals surface area contributed by atoms with Crippen LogP contribution in [0.5, 0.6) is 23.0 Å². The van der Waals surface area contributed by atoms with Crippen molar-refractivity contribution in [2.45, 2.75) is 11.4 Å². The maximum absolute atomic E-state index is 13.8. The fraction of sp³-hybridized carbons (Fsp3) is 0.294. The zero-order chi connectivity index (χ0) is 19.3. The molecule has 0 aromatic heterocycles. The van der Waals surface area contributed by atoms with E-state index in [1.165, 1.54) is 40.6 Å². The number of methoxy groups -OCH3 is 4. The van der Waals surface area contributed by atoms with Crippen LogP contribution in [-0.2, 0) is 16.6 Å². The Balaban J connectivity index is 2.28. The summed E-state index contributed by atoms with van der Waals surface area (Å²) in [5.41, 5.74) is 0.530. The number of hydrogen-bond donors (Lipinski definition) is 1. The summed E-state index contributed by atoms with van der Waals surface area (Å²) in [5.74, 6) is 0.343. The Bertz CT molecular complexity index is 885. The molecule has 2 rings (SSSR count). The number of ether oxygens (including phenoxy) is 4. The molecule has 26 heavy (non-hydrogen) atoms. The molecule has 0 saturated carbocycles. The monoisotopic (exact) mass is 385 g/mol. The Morgan fingerprint density at radius 2 is 1.50 bits per heavy atom. The van der Waals surface area contributed by atoms with Crippen molar-refractivity contribution in [3.63, 3.8) is 0 Å². The summed E-state index contributed by atoms with van der Waals surface area (Å²) in [4.78, 5) is -0.213. The number of nitrogens with one attached hydrogen (secondary N) is 1. The average molecular weight is 385 g/mol. The van der Waals surface area contributed by atoms with Gasteiger partial charge in [-0.05, 0) is 24.3 Å². The lowest BCUT2D eigenvalue weighted by Crippen LogP contribution is -2.23. The van der Waals surface area contributed by atoms with Gasteiger partial charge in [0.25, 0.3) is 0 Å². The predicted octanol–water partition coefficient (Wildman–Crippen LogP) is 2.34. The van der Waals surface area contributed by atoms with Gasteiger partial charge in [-0.25, -0.2) is 17.5 Å². The molecule has 0 radical (unpaired) electrons. The molecule has 0 atom stereocenters. The quantitative estimate of drug-likeness (QED) is 0.751. The summed E-state index contributed by atoms with van der Waals surface area (Å²) in [7, 11) is 1.74. The summed E-state index contributed by atoms with van der Waals surface area (Å²) >= 11 is 0. The molecule has 0 bridgehead atoms. The van der Waals surface area contributed by atoms with E-state index in [4.69, 9.17) is 18.9 Å². The molecule has 0 aliphatic heterocycles. The topological polar surface area (TPSA) is 83.1 Å². The van der Waals surface area contributed by atoms with Gasteiger partial charge in [0.15, 0.2) is 23.1 Å². The molecule has 0 fully saturated rings. The number of sulfonamides is 1. The first-order chi connectivity index (χ1) is 12.4. The van der Waals surface area contributed by atoms with Crippen molar-refractivity contribution in [3.8, 4) is 23.0 Å². The van der Waals surface area contributed by atoms with Gasteiger partial charge in [0.05, 0.1) is 33.3 Å². The van der Waals surface area contributed by atoms with Gasteiger partial charge in [-0.2, -0.15) is 0 Å². The smallest absolute Gasteiger partial charge is 0.240 e. The highest BCUT2D eigenvalue weighted by molar-refractivity contribution is 7.89. The highest BCUT2D eigenvalue weighted by atomic mass is 32.2. The van der Waals surface area contributed by atoms with Crippen LogP contribution in [0.15, 0.2) is 35.2 Å². The molecule has 0 aliphatic rings. The first kappa shape index (κ1) is 19.8. The Kier molecular flexibility index (Phi) is 6.27. The summed E-state index contributed by atoms with van der Waals surface area (Å²) < 4.78 is 61.6. The van der Waals surface area contributed by atoms with Crippen LogP contribution in [0.2, 0.25) is 0 Å². The van der Waals surface area contributed by atoms with E-state index >= 15 is 0 Å². The molecule has 0 saturated heterocycles. The average Bonchev–Trinajstić information content (AvgIpc) is 2.65. The maximum Gasteiger partial charge on any atom is 0.240 e. The molecule has 7 nitrogen and oxygen atoms in total. The third-order valence-electron chi connectivity index (χ3n) is 3.67. The van der Waals surface area contributed by atoms with Crippen molar-refractivity contribution in [2.75, 3.05) is 28.4 Å². The van der Waals surface area contributed by atoms with Crippen LogP contribution in [0, 0.1) is 5.82 Å². The molecule has 142 valence electrons. The number of rotatable bonds is 8. The predicted molar refractivity (Wildman–Crippen MR) is 93.1 cm³/mol. The molecular weight excluding hydrogens is 365 g/mol. The molecule has 0 unspecified atom stereocenters. The van der Waals surface area contributed by atoms with Gasteiger partial charge in [0, 0.05) is 12.1 Å². The van der Waals surface area contributed by atoms with Gasteiger partial charge >= 0.3 is 0 Å². The minimum absolute atomic E-state index is 0.0366. The largest absolute Gasteiger partial charge is 0.494 e. The van der Waals surface area contributed by atoms with Crippen LogP contribution in [0.1, 0.15) is 5.56 Å². The highest BCUT2D eigenvalue weighted by Gasteiger charge is 2.20. The van der Waals surface area contributed by atoms with E-state index in [-0.39, 0.29) is 17.2 Å². The molecule has 0 aliphatic carbocycles. The molecule has 2 aromatic carbocycles. The minimum Gasteiger partial charge on any atom is -0.494 e. The summed E-state index contributed by atoms with van der Waals surface area (Å²) in [6, 6.07) is 6.69. The maximum atomic E-state index is 13.8. The second-order valence-corrected chi connectivity index (χ2v) is 6.88. The zero-order valence-electron chi connectivity index (χ0n) is 14.8. The second-order valence-electron chi connectivity index (χ2n) is 5.11. The van der Waals surface area contributed by atoms with Crippen molar-refractivity contribution in [1.82, 2.24) is 4.72 Å². The van der Waals surface area contributed by atoms with Crippen molar-refractivity contribution in [1.29, 1.82) is 0 Å². The van der Waals surface area contributed by atoms with Gasteiger partial charge in [0.2, 0.25) is 15.8 Å². The third kappa shape index (κ3) is 4.00. The third-order valence-corrected chi connectivity index (χ3v) is 5.07. The van der Waals surface area contributed by atoms with E-state index < -0.39 is 15.8 Å². The van der Waals surface area contributed by atoms with E-state index in [2.05, 4.69) is 4.72 Å². The molecule has 0 heterocycles. The lowest BCUT2D eigenvalue weighted by atomic mass is 10.1. The normalized spacial score (nSPS) is 11.1. The van der Waals surface area contributed by atoms with Gasteiger partial charge in [-0.3, -0.25) is 0 Å². The number of hydrogen-bond acceptors (Lipinski definition) is 6. The van der Waals surface area contributed by atoms with E-state index in [0.717, 1.165) is 6.07 Å². The second kappa shape index (κ2) is 8.24. The molecule has 1 N–H and O–H groups in total. The van der Waals surface area contributed by atoms with Gasteiger partial charge in [-0.1, -0.05) is 6.07 Å². The van der Waals surface area contributed by atoms with Gasteiger partial charge < -0.3 is 18.9 Å². The summed E-state index contributed by atoms with van der Waals surface area (Å²) in [6.07, 6.45) is 0. The van der Waals surface area contributed by atoms with E-state index in [9.17, 15) is 12.8 Å². The first-order valence-electron chi connectivity index (χ1n) is 7.49. The summed E-state index contributed by atoms with van der Waals surface area (Å²) in [5, 5.41) is 0. The fourth-order valence-electron chi connectivity index (χ4n) is 2.37. The van der Waals surface area contributed by atoms with Crippen molar-refractivity contribution in [3.05, 3.63) is 41.7 Å². The zero-order valence-corrected chi connectivity index (χ0v) is 15.6. The van der Waals surface area contributed by atoms with Crippen LogP contribution in [0.4, 0.5) is 4.39 Å². The van der Waals surface area contributed by atoms with Crippen LogP contribution >= 0.6 is 0 Å². The molecule has 2 aromatic rings. The Morgan fingerprint density at radius 1 is 0.885 bits per heavy atom. The molecule has 9 heteroatoms. The first-order valence-corrected chi connectivity index (χ1v) is 8.97.